The van der Waals surface area contributed by atoms with Gasteiger partial charge in [-0.15, -0.1) is 22.7 Å². The highest BCUT2D eigenvalue weighted by atomic mass is 35.5. The van der Waals surface area contributed by atoms with Gasteiger partial charge in [-0.05, 0) is 63.6 Å². The number of fused-ring (bicyclic) bond motifs is 1. The number of hydrogen-bond donors (Lipinski definition) is 2. The molecule has 0 spiro atoms. The third-order valence-corrected chi connectivity index (χ3v) is 7.08. The first kappa shape index (κ1) is 27.8. The highest BCUT2D eigenvalue weighted by Crippen LogP contribution is 2.38. The van der Waals surface area contributed by atoms with Crippen LogP contribution in [0.25, 0.3) is 30.5 Å². The molecule has 0 radical (unpaired) electrons. The van der Waals surface area contributed by atoms with Gasteiger partial charge in [-0.1, -0.05) is 24.3 Å². The topological polar surface area (TPSA) is 89.6 Å². The lowest BCUT2D eigenvalue weighted by molar-refractivity contribution is -0.00100. The van der Waals surface area contributed by atoms with Crippen molar-refractivity contribution in [1.82, 2.24) is 4.98 Å². The molecule has 0 unspecified atom stereocenters. The number of aromatic nitrogens is 1. The lowest BCUT2D eigenvalue weighted by Gasteiger charge is -2.04. The summed E-state index contributed by atoms with van der Waals surface area (Å²) >= 11 is 3.41. The van der Waals surface area contributed by atoms with Crippen LogP contribution in [0, 0.1) is 0 Å². The zero-order valence-corrected chi connectivity index (χ0v) is 22.6. The minimum atomic E-state index is 0. The van der Waals surface area contributed by atoms with Crippen LogP contribution in [0.3, 0.4) is 0 Å². The van der Waals surface area contributed by atoms with E-state index >= 15 is 0 Å². The van der Waals surface area contributed by atoms with Gasteiger partial charge in [-0.3, -0.25) is 9.98 Å². The monoisotopic (exact) mass is 531 g/mol. The second kappa shape index (κ2) is 11.8. The van der Waals surface area contributed by atoms with E-state index in [4.69, 9.17) is 16.5 Å². The van der Waals surface area contributed by atoms with Crippen LogP contribution < -0.4 is 36.3 Å². The molecule has 2 heterocycles. The molecule has 0 saturated carbocycles. The van der Waals surface area contributed by atoms with E-state index in [1.54, 1.807) is 22.7 Å². The number of halogens is 2. The van der Waals surface area contributed by atoms with Gasteiger partial charge in [0.15, 0.2) is 0 Å². The van der Waals surface area contributed by atoms with Crippen LogP contribution in [0.5, 0.6) is 0 Å². The van der Waals surface area contributed by atoms with Crippen molar-refractivity contribution in [3.05, 3.63) is 65.7 Å². The Balaban J connectivity index is 0.00000204. The van der Waals surface area contributed by atoms with Gasteiger partial charge in [0.1, 0.15) is 16.7 Å². The van der Waals surface area contributed by atoms with Crippen molar-refractivity contribution in [2.45, 2.75) is 39.8 Å². The van der Waals surface area contributed by atoms with E-state index in [0.717, 1.165) is 36.8 Å². The van der Waals surface area contributed by atoms with E-state index in [1.807, 2.05) is 52.0 Å². The average molecular weight is 533 g/mol. The van der Waals surface area contributed by atoms with E-state index < -0.39 is 0 Å². The number of hydrogen-bond acceptors (Lipinski definition) is 5. The molecule has 0 aliphatic rings. The molecular formula is C25H27Cl2N5S2-2. The van der Waals surface area contributed by atoms with Gasteiger partial charge in [0.05, 0.1) is 15.1 Å². The minimum Gasteiger partial charge on any atom is -1.00 e. The van der Waals surface area contributed by atoms with Gasteiger partial charge >= 0.3 is 0 Å². The number of aliphatic imine (C=N–C) groups is 2. The molecule has 0 aliphatic heterocycles. The molecular weight excluding hydrogens is 505 g/mol. The van der Waals surface area contributed by atoms with Crippen LogP contribution in [-0.2, 0) is 0 Å². The predicted octanol–water partition coefficient (Wildman–Crippen LogP) is -0.0728. The molecule has 5 nitrogen and oxygen atoms in total. The predicted molar refractivity (Wildman–Crippen MR) is 140 cm³/mol. The first-order valence-electron chi connectivity index (χ1n) is 10.6. The number of thiazole rings is 1. The Morgan fingerprint density at radius 2 is 1.29 bits per heavy atom. The van der Waals surface area contributed by atoms with Crippen molar-refractivity contribution in [1.29, 1.82) is 0 Å². The van der Waals surface area contributed by atoms with Crippen LogP contribution in [0.4, 0.5) is 0 Å². The van der Waals surface area contributed by atoms with Crippen molar-refractivity contribution in [3.8, 4) is 20.3 Å². The van der Waals surface area contributed by atoms with Gasteiger partial charge in [0.25, 0.3) is 0 Å². The quantitative estimate of drug-likeness (QED) is 0.269. The fourth-order valence-corrected chi connectivity index (χ4v) is 5.38. The lowest BCUT2D eigenvalue weighted by atomic mass is 10.1. The summed E-state index contributed by atoms with van der Waals surface area (Å²) < 4.78 is 1.11. The smallest absolute Gasteiger partial charge is 0.134 e. The maximum absolute atomic E-state index is 6.15. The fraction of sp³-hybridized carbons (Fsp3) is 0.240. The summed E-state index contributed by atoms with van der Waals surface area (Å²) in [6, 6.07) is 18.9. The van der Waals surface area contributed by atoms with E-state index in [0.29, 0.717) is 11.7 Å². The maximum atomic E-state index is 6.15. The molecule has 4 aromatic rings. The molecule has 0 bridgehead atoms. The van der Waals surface area contributed by atoms with Crippen molar-refractivity contribution in [3.63, 3.8) is 0 Å². The molecule has 180 valence electrons. The third-order valence-electron chi connectivity index (χ3n) is 4.76. The van der Waals surface area contributed by atoms with E-state index in [2.05, 4.69) is 40.3 Å². The SMILES string of the molecule is CC(C)N=C(N)c1ccc(-c2ccc(-c3nc4ccc(C(N)=NC(C)C)cc4s3)s2)cc1.[Cl-].[Cl-]. The van der Waals surface area contributed by atoms with Gasteiger partial charge in [0, 0.05) is 28.1 Å². The molecule has 0 atom stereocenters. The molecule has 9 heteroatoms. The highest BCUT2D eigenvalue weighted by molar-refractivity contribution is 7.26. The minimum absolute atomic E-state index is 0. The molecule has 2 aromatic carbocycles. The van der Waals surface area contributed by atoms with Crippen molar-refractivity contribution < 1.29 is 24.8 Å². The number of benzene rings is 2. The number of nitrogens with two attached hydrogens (primary N) is 2. The average Bonchev–Trinajstić information content (AvgIpc) is 3.39. The normalized spacial score (nSPS) is 12.2. The number of rotatable bonds is 6. The van der Waals surface area contributed by atoms with Crippen molar-refractivity contribution >= 4 is 44.6 Å². The zero-order valence-electron chi connectivity index (χ0n) is 19.4. The summed E-state index contributed by atoms with van der Waals surface area (Å²) in [5, 5.41) is 1.01. The van der Waals surface area contributed by atoms with Crippen LogP contribution in [0.1, 0.15) is 38.8 Å². The summed E-state index contributed by atoms with van der Waals surface area (Å²) in [5.41, 5.74) is 16.2. The molecule has 0 amide bonds. The molecule has 2 aromatic heterocycles. The maximum Gasteiger partial charge on any atom is 0.134 e. The first-order valence-corrected chi connectivity index (χ1v) is 12.2. The van der Waals surface area contributed by atoms with Gasteiger partial charge in [-0.2, -0.15) is 0 Å². The summed E-state index contributed by atoms with van der Waals surface area (Å²) in [6.07, 6.45) is 0. The highest BCUT2D eigenvalue weighted by Gasteiger charge is 2.12. The van der Waals surface area contributed by atoms with Gasteiger partial charge in [0.2, 0.25) is 0 Å². The first-order chi connectivity index (χ1) is 15.3. The van der Waals surface area contributed by atoms with Gasteiger partial charge < -0.3 is 36.3 Å². The van der Waals surface area contributed by atoms with Crippen molar-refractivity contribution in [2.24, 2.45) is 21.5 Å². The van der Waals surface area contributed by atoms with E-state index in [9.17, 15) is 0 Å². The van der Waals surface area contributed by atoms with Gasteiger partial charge in [-0.25, -0.2) is 4.98 Å². The van der Waals surface area contributed by atoms with Crippen LogP contribution in [-0.4, -0.2) is 28.7 Å². The van der Waals surface area contributed by atoms with Crippen LogP contribution in [0.15, 0.2) is 64.6 Å². The zero-order chi connectivity index (χ0) is 22.8. The fourth-order valence-electron chi connectivity index (χ4n) is 3.31. The molecule has 0 saturated heterocycles. The molecule has 4 N–H and O–H groups in total. The summed E-state index contributed by atoms with van der Waals surface area (Å²) in [4.78, 5) is 16.0. The van der Waals surface area contributed by atoms with E-state index in [1.165, 1.54) is 4.88 Å². The summed E-state index contributed by atoms with van der Waals surface area (Å²) in [6.45, 7) is 8.08. The third kappa shape index (κ3) is 6.36. The van der Waals surface area contributed by atoms with Crippen LogP contribution >= 0.6 is 22.7 Å². The Hall–Kier alpha value is -2.45. The second-order valence-corrected chi connectivity index (χ2v) is 10.3. The summed E-state index contributed by atoms with van der Waals surface area (Å²) in [7, 11) is 0. The largest absolute Gasteiger partial charge is 1.00 e. The molecule has 4 rings (SSSR count). The molecule has 0 fully saturated rings. The Morgan fingerprint density at radius 1 is 0.735 bits per heavy atom. The Labute approximate surface area is 220 Å². The number of amidine groups is 2. The number of nitrogens with zero attached hydrogens (tertiary/aromatic N) is 3. The lowest BCUT2D eigenvalue weighted by Crippen LogP contribution is -3.00. The Bertz CT molecular complexity index is 1300. The Kier molecular flexibility index (Phi) is 9.64. The summed E-state index contributed by atoms with van der Waals surface area (Å²) in [5.74, 6) is 1.14. The Morgan fingerprint density at radius 3 is 1.91 bits per heavy atom. The van der Waals surface area contributed by atoms with Crippen LogP contribution in [0.2, 0.25) is 0 Å². The standard InChI is InChI=1S/C25H27N5S2.2ClH/c1-14(2)28-23(26)17-7-5-16(6-8-17)20-11-12-21(31-20)25-30-19-10-9-18(13-22(19)32-25)24(27)29-15(3)4;;/h5-15H,1-4H3,(H2,26,28)(H2,27,29);2*1H/p-2. The second-order valence-electron chi connectivity index (χ2n) is 8.16. The molecule has 0 aliphatic carbocycles. The molecule has 34 heavy (non-hydrogen) atoms. The van der Waals surface area contributed by atoms with Crippen molar-refractivity contribution in [2.75, 3.05) is 0 Å². The van der Waals surface area contributed by atoms with E-state index in [-0.39, 0.29) is 36.9 Å². The number of thiophene rings is 1.